The minimum atomic E-state index is -0.319. The molecule has 0 saturated carbocycles. The zero-order valence-corrected chi connectivity index (χ0v) is 18.7. The lowest BCUT2D eigenvalue weighted by atomic mass is 9.97. The summed E-state index contributed by atoms with van der Waals surface area (Å²) in [5, 5.41) is 6.15. The highest BCUT2D eigenvalue weighted by atomic mass is 19.1. The smallest absolute Gasteiger partial charge is 0.238 e. The van der Waals surface area contributed by atoms with Crippen LogP contribution >= 0.6 is 0 Å². The maximum absolute atomic E-state index is 13.9. The van der Waals surface area contributed by atoms with Crippen molar-refractivity contribution in [3.63, 3.8) is 0 Å². The van der Waals surface area contributed by atoms with E-state index in [1.54, 1.807) is 23.1 Å². The van der Waals surface area contributed by atoms with Crippen molar-refractivity contribution in [3.8, 4) is 0 Å². The van der Waals surface area contributed by atoms with E-state index in [-0.39, 0.29) is 30.2 Å². The average Bonchev–Trinajstić information content (AvgIpc) is 3.26. The van der Waals surface area contributed by atoms with Crippen molar-refractivity contribution in [2.45, 2.75) is 32.2 Å². The van der Waals surface area contributed by atoms with Crippen molar-refractivity contribution < 1.29 is 14.0 Å². The van der Waals surface area contributed by atoms with Gasteiger partial charge < -0.3 is 10.2 Å². The number of hydrogen-bond donors (Lipinski definition) is 2. The fourth-order valence-electron chi connectivity index (χ4n) is 4.11. The van der Waals surface area contributed by atoms with E-state index < -0.39 is 0 Å². The standard InChI is InChI=1S/C27H28FN3O2/c1-2-19-8-10-20(11-9-19)27(21-5-3-6-22(28)17-21)29-18-25(32)30-23-12-14-24(15-13-23)31-16-4-7-26(31)33/h3,5-6,8-15,17,27,29H,2,4,7,16,18H2,1H3,(H,30,32)/t27-/m0/s1. The van der Waals surface area contributed by atoms with Gasteiger partial charge in [0.15, 0.2) is 0 Å². The van der Waals surface area contributed by atoms with Gasteiger partial charge >= 0.3 is 0 Å². The number of aryl methyl sites for hydroxylation is 1. The van der Waals surface area contributed by atoms with E-state index in [0.29, 0.717) is 12.1 Å². The van der Waals surface area contributed by atoms with Crippen LogP contribution in [0.2, 0.25) is 0 Å². The van der Waals surface area contributed by atoms with Gasteiger partial charge in [0, 0.05) is 24.3 Å². The van der Waals surface area contributed by atoms with Crippen LogP contribution in [0.1, 0.15) is 42.5 Å². The number of halogens is 1. The van der Waals surface area contributed by atoms with Crippen LogP contribution in [0.3, 0.4) is 0 Å². The molecule has 5 nitrogen and oxygen atoms in total. The molecule has 1 atom stereocenters. The Kier molecular flexibility index (Phi) is 7.15. The van der Waals surface area contributed by atoms with Gasteiger partial charge in [0.05, 0.1) is 12.6 Å². The molecule has 2 amide bonds. The fraction of sp³-hybridized carbons (Fsp3) is 0.259. The summed E-state index contributed by atoms with van der Waals surface area (Å²) in [7, 11) is 0. The molecule has 3 aromatic carbocycles. The third-order valence-electron chi connectivity index (χ3n) is 5.91. The maximum atomic E-state index is 13.9. The fourth-order valence-corrected chi connectivity index (χ4v) is 4.11. The van der Waals surface area contributed by atoms with Crippen molar-refractivity contribution in [2.24, 2.45) is 0 Å². The van der Waals surface area contributed by atoms with E-state index in [0.717, 1.165) is 36.2 Å². The first kappa shape index (κ1) is 22.7. The first-order valence-electron chi connectivity index (χ1n) is 11.3. The van der Waals surface area contributed by atoms with Crippen molar-refractivity contribution in [1.29, 1.82) is 0 Å². The van der Waals surface area contributed by atoms with Crippen molar-refractivity contribution >= 4 is 23.2 Å². The summed E-state index contributed by atoms with van der Waals surface area (Å²) >= 11 is 0. The quantitative estimate of drug-likeness (QED) is 0.522. The summed E-state index contributed by atoms with van der Waals surface area (Å²) in [6.45, 7) is 2.88. The third-order valence-corrected chi connectivity index (χ3v) is 5.91. The predicted molar refractivity (Wildman–Crippen MR) is 129 cm³/mol. The summed E-state index contributed by atoms with van der Waals surface area (Å²) in [5.41, 5.74) is 4.44. The summed E-state index contributed by atoms with van der Waals surface area (Å²) in [6.07, 6.45) is 2.39. The first-order chi connectivity index (χ1) is 16.0. The molecule has 170 valence electrons. The molecule has 1 saturated heterocycles. The number of benzene rings is 3. The summed E-state index contributed by atoms with van der Waals surface area (Å²) in [6, 6.07) is 21.5. The molecule has 0 bridgehead atoms. The molecule has 33 heavy (non-hydrogen) atoms. The number of anilines is 2. The second-order valence-corrected chi connectivity index (χ2v) is 8.21. The maximum Gasteiger partial charge on any atom is 0.238 e. The monoisotopic (exact) mass is 445 g/mol. The van der Waals surface area contributed by atoms with Gasteiger partial charge in [0.1, 0.15) is 5.82 Å². The van der Waals surface area contributed by atoms with E-state index in [9.17, 15) is 14.0 Å². The normalized spacial score (nSPS) is 14.4. The number of carbonyl (C=O) groups excluding carboxylic acids is 2. The zero-order valence-electron chi connectivity index (χ0n) is 18.7. The van der Waals surface area contributed by atoms with Gasteiger partial charge in [-0.1, -0.05) is 43.3 Å². The Labute approximate surface area is 193 Å². The first-order valence-corrected chi connectivity index (χ1v) is 11.3. The molecule has 1 heterocycles. The molecule has 0 radical (unpaired) electrons. The van der Waals surface area contributed by atoms with Gasteiger partial charge in [-0.15, -0.1) is 0 Å². The van der Waals surface area contributed by atoms with E-state index in [1.807, 2.05) is 30.3 Å². The molecule has 0 aromatic heterocycles. The van der Waals surface area contributed by atoms with Crippen LogP contribution in [0, 0.1) is 5.82 Å². The van der Waals surface area contributed by atoms with Crippen LogP contribution in [0.5, 0.6) is 0 Å². The molecule has 1 fully saturated rings. The van der Waals surface area contributed by atoms with Gasteiger partial charge in [-0.2, -0.15) is 0 Å². The molecule has 0 aliphatic carbocycles. The Balaban J connectivity index is 1.42. The molecule has 3 aromatic rings. The van der Waals surface area contributed by atoms with E-state index in [4.69, 9.17) is 0 Å². The largest absolute Gasteiger partial charge is 0.325 e. The lowest BCUT2D eigenvalue weighted by Gasteiger charge is -2.20. The minimum absolute atomic E-state index is 0.0586. The van der Waals surface area contributed by atoms with Gasteiger partial charge in [0.2, 0.25) is 11.8 Å². The number of hydrogen-bond acceptors (Lipinski definition) is 3. The van der Waals surface area contributed by atoms with Crippen molar-refractivity contribution in [3.05, 3.63) is 95.3 Å². The Morgan fingerprint density at radius 1 is 1.03 bits per heavy atom. The van der Waals surface area contributed by atoms with E-state index in [2.05, 4.69) is 29.7 Å². The highest BCUT2D eigenvalue weighted by Crippen LogP contribution is 2.24. The molecular formula is C27H28FN3O2. The van der Waals surface area contributed by atoms with Crippen LogP contribution < -0.4 is 15.5 Å². The summed E-state index contributed by atoms with van der Waals surface area (Å²) in [5.74, 6) is -0.386. The van der Waals surface area contributed by atoms with E-state index in [1.165, 1.54) is 17.7 Å². The second kappa shape index (κ2) is 10.4. The summed E-state index contributed by atoms with van der Waals surface area (Å²) < 4.78 is 13.9. The lowest BCUT2D eigenvalue weighted by molar-refractivity contribution is -0.117. The predicted octanol–water partition coefficient (Wildman–Crippen LogP) is 4.83. The molecule has 4 rings (SSSR count). The zero-order chi connectivity index (χ0) is 23.2. The number of amides is 2. The number of carbonyl (C=O) groups is 2. The van der Waals surface area contributed by atoms with Gasteiger partial charge in [-0.3, -0.25) is 14.9 Å². The minimum Gasteiger partial charge on any atom is -0.325 e. The molecule has 1 aliphatic heterocycles. The topological polar surface area (TPSA) is 61.4 Å². The molecule has 1 aliphatic rings. The van der Waals surface area contributed by atoms with Crippen molar-refractivity contribution in [2.75, 3.05) is 23.3 Å². The number of nitrogens with zero attached hydrogens (tertiary/aromatic N) is 1. The van der Waals surface area contributed by atoms with Gasteiger partial charge in [-0.25, -0.2) is 4.39 Å². The average molecular weight is 446 g/mol. The molecule has 0 spiro atoms. The number of nitrogens with one attached hydrogen (secondary N) is 2. The second-order valence-electron chi connectivity index (χ2n) is 8.21. The van der Waals surface area contributed by atoms with Crippen molar-refractivity contribution in [1.82, 2.24) is 5.32 Å². The molecule has 2 N–H and O–H groups in total. The Morgan fingerprint density at radius 2 is 1.79 bits per heavy atom. The van der Waals surface area contributed by atoms with Gasteiger partial charge in [0.25, 0.3) is 0 Å². The molecule has 6 heteroatoms. The molecule has 0 unspecified atom stereocenters. The van der Waals surface area contributed by atoms with Crippen LogP contribution in [0.4, 0.5) is 15.8 Å². The highest BCUT2D eigenvalue weighted by molar-refractivity contribution is 5.96. The SMILES string of the molecule is CCc1ccc([C@H](NCC(=O)Nc2ccc(N3CCCC3=O)cc2)c2cccc(F)c2)cc1. The Bertz CT molecular complexity index is 1110. The highest BCUT2D eigenvalue weighted by Gasteiger charge is 2.21. The Hall–Kier alpha value is -3.51. The summed E-state index contributed by atoms with van der Waals surface area (Å²) in [4.78, 5) is 26.3. The third kappa shape index (κ3) is 5.65. The van der Waals surface area contributed by atoms with E-state index >= 15 is 0 Å². The van der Waals surface area contributed by atoms with Crippen LogP contribution in [-0.2, 0) is 16.0 Å². The Morgan fingerprint density at radius 3 is 2.42 bits per heavy atom. The van der Waals surface area contributed by atoms with Crippen LogP contribution in [0.15, 0.2) is 72.8 Å². The lowest BCUT2D eigenvalue weighted by Crippen LogP contribution is -2.32. The van der Waals surface area contributed by atoms with Gasteiger partial charge in [-0.05, 0) is 65.9 Å². The van der Waals surface area contributed by atoms with Crippen LogP contribution in [-0.4, -0.2) is 24.9 Å². The van der Waals surface area contributed by atoms with Crippen LogP contribution in [0.25, 0.3) is 0 Å². The molecular weight excluding hydrogens is 417 g/mol. The number of rotatable bonds is 8.